The summed E-state index contributed by atoms with van der Waals surface area (Å²) < 4.78 is 57.7. The summed E-state index contributed by atoms with van der Waals surface area (Å²) in [5.41, 5.74) is 0.251. The molecule has 0 spiro atoms. The average molecular weight is 593 g/mol. The summed E-state index contributed by atoms with van der Waals surface area (Å²) in [5, 5.41) is 21.6. The second-order valence-corrected chi connectivity index (χ2v) is 13.2. The van der Waals surface area contributed by atoms with Crippen LogP contribution in [0.3, 0.4) is 0 Å². The van der Waals surface area contributed by atoms with Gasteiger partial charge in [-0.3, -0.25) is 9.48 Å². The Hall–Kier alpha value is -3.22. The molecule has 1 saturated heterocycles. The molecule has 1 aromatic carbocycles. The van der Waals surface area contributed by atoms with Crippen LogP contribution in [0.5, 0.6) is 0 Å². The lowest BCUT2D eigenvalue weighted by atomic mass is 9.99. The summed E-state index contributed by atoms with van der Waals surface area (Å²) >= 11 is 0.695. The first-order valence-electron chi connectivity index (χ1n) is 13.0. The van der Waals surface area contributed by atoms with Gasteiger partial charge in [0.25, 0.3) is 6.43 Å². The van der Waals surface area contributed by atoms with Crippen molar-refractivity contribution in [1.29, 1.82) is 5.26 Å². The maximum Gasteiger partial charge on any atom is 0.291 e. The largest absolute Gasteiger partial charge is 0.368 e. The third-order valence-corrected chi connectivity index (χ3v) is 9.85. The molecule has 5 rings (SSSR count). The number of fused-ring (bicyclic) bond motifs is 1. The summed E-state index contributed by atoms with van der Waals surface area (Å²) in [4.78, 5) is 16.5. The summed E-state index contributed by atoms with van der Waals surface area (Å²) in [7, 11) is -2.44. The molecule has 214 valence electrons. The smallest absolute Gasteiger partial charge is 0.291 e. The second-order valence-electron chi connectivity index (χ2n) is 10.5. The topological polar surface area (TPSA) is 137 Å². The van der Waals surface area contributed by atoms with E-state index >= 15 is 0 Å². The van der Waals surface area contributed by atoms with Crippen LogP contribution in [-0.4, -0.2) is 70.4 Å². The van der Waals surface area contributed by atoms with Gasteiger partial charge in [-0.1, -0.05) is 25.2 Å². The fourth-order valence-electron chi connectivity index (χ4n) is 4.92. The number of carbonyl (C=O) groups is 1. The highest BCUT2D eigenvalue weighted by molar-refractivity contribution is 7.89. The predicted octanol–water partition coefficient (Wildman–Crippen LogP) is 3.45. The van der Waals surface area contributed by atoms with Gasteiger partial charge in [-0.05, 0) is 38.3 Å². The Balaban J connectivity index is 1.63. The Morgan fingerprint density at radius 1 is 1.32 bits per heavy atom. The number of aromatic nitrogens is 4. The number of alkyl halides is 2. The molecule has 2 fully saturated rings. The van der Waals surface area contributed by atoms with Crippen molar-refractivity contribution in [1.82, 2.24) is 29.6 Å². The number of likely N-dealkylation sites (N-methyl/N-ethyl adjacent to an activating group) is 1. The number of carbonyl (C=O) groups excluding carboxylic acids is 1. The quantitative estimate of drug-likeness (QED) is 0.378. The van der Waals surface area contributed by atoms with Gasteiger partial charge in [-0.2, -0.15) is 15.1 Å². The summed E-state index contributed by atoms with van der Waals surface area (Å²) in [6.45, 7) is 7.30. The minimum atomic E-state index is -4.13. The Bertz CT molecular complexity index is 1610. The molecule has 1 unspecified atom stereocenters. The Morgan fingerprint density at radius 3 is 2.58 bits per heavy atom. The van der Waals surface area contributed by atoms with Gasteiger partial charge in [-0.15, -0.1) is 10.2 Å². The van der Waals surface area contributed by atoms with E-state index in [1.165, 1.54) is 6.07 Å². The molecule has 1 amide bonds. The van der Waals surface area contributed by atoms with Crippen LogP contribution in [0.4, 0.5) is 14.5 Å². The van der Waals surface area contributed by atoms with Crippen molar-refractivity contribution in [3.63, 3.8) is 0 Å². The van der Waals surface area contributed by atoms with Gasteiger partial charge in [0.1, 0.15) is 11.2 Å². The fraction of sp³-hybridized carbons (Fsp3) is 0.560. The number of benzene rings is 1. The lowest BCUT2D eigenvalue weighted by Gasteiger charge is -2.44. The number of likely N-dealkylation sites (tertiary alicyclic amines) is 1. The van der Waals surface area contributed by atoms with E-state index in [4.69, 9.17) is 0 Å². The lowest BCUT2D eigenvalue weighted by Crippen LogP contribution is -2.57. The Morgan fingerprint density at radius 2 is 2.05 bits per heavy atom. The standard InChI is InChI=1S/C25H30F2N8O3S2/c1-5-34(12-15-6-9-35(15)24(36)14(2)3)18-11-16(40(37,38)32-25(13-28)7-8-25)10-17-19(31-33(4)20(17)18)22-29-30-23(39-22)21(26)27/h10-11,14-15,21,32H,5-9,12H2,1-4H3. The summed E-state index contributed by atoms with van der Waals surface area (Å²) in [6.07, 6.45) is -1.15. The molecule has 0 bridgehead atoms. The maximum absolute atomic E-state index is 13.5. The minimum Gasteiger partial charge on any atom is -0.368 e. The number of sulfonamides is 1. The van der Waals surface area contributed by atoms with Gasteiger partial charge in [0, 0.05) is 38.0 Å². The normalized spacial score (nSPS) is 18.3. The van der Waals surface area contributed by atoms with Crippen LogP contribution < -0.4 is 9.62 Å². The zero-order valence-electron chi connectivity index (χ0n) is 22.6. The Labute approximate surface area is 234 Å². The van der Waals surface area contributed by atoms with Gasteiger partial charge in [0.05, 0.1) is 28.2 Å². The van der Waals surface area contributed by atoms with Crippen LogP contribution in [0.1, 0.15) is 51.5 Å². The number of hydrogen-bond acceptors (Lipinski definition) is 9. The molecule has 40 heavy (non-hydrogen) atoms. The van der Waals surface area contributed by atoms with Gasteiger partial charge in [0.15, 0.2) is 10.0 Å². The van der Waals surface area contributed by atoms with Crippen molar-refractivity contribution in [2.24, 2.45) is 13.0 Å². The molecule has 1 aliphatic carbocycles. The number of nitrogens with zero attached hydrogens (tertiary/aromatic N) is 7. The first-order valence-corrected chi connectivity index (χ1v) is 15.3. The van der Waals surface area contributed by atoms with Crippen molar-refractivity contribution in [2.45, 2.75) is 62.9 Å². The van der Waals surface area contributed by atoms with Crippen molar-refractivity contribution in [2.75, 3.05) is 24.5 Å². The molecule has 2 aliphatic rings. The fourth-order valence-corrected chi connectivity index (χ4v) is 7.04. The number of aryl methyl sites for hydroxylation is 1. The SMILES string of the molecule is CCN(CC1CCN1C(=O)C(C)C)c1cc(S(=O)(=O)NC2(C#N)CC2)cc2c(-c3nnc(C(F)F)s3)nn(C)c12. The molecular weight excluding hydrogens is 562 g/mol. The third kappa shape index (κ3) is 5.04. The number of nitriles is 1. The monoisotopic (exact) mass is 592 g/mol. The molecule has 1 atom stereocenters. The molecule has 3 aromatic rings. The lowest BCUT2D eigenvalue weighted by molar-refractivity contribution is -0.141. The Kier molecular flexibility index (Phi) is 7.30. The van der Waals surface area contributed by atoms with Crippen LogP contribution in [0.2, 0.25) is 0 Å². The summed E-state index contributed by atoms with van der Waals surface area (Å²) in [6, 6.07) is 4.98. The molecule has 2 aromatic heterocycles. The number of amides is 1. The molecule has 1 aliphatic heterocycles. The van der Waals surface area contributed by atoms with E-state index in [1.807, 2.05) is 36.6 Å². The molecular formula is C25H30F2N8O3S2. The second kappa shape index (κ2) is 10.3. The van der Waals surface area contributed by atoms with Gasteiger partial charge in [0.2, 0.25) is 15.9 Å². The number of rotatable bonds is 10. The first-order chi connectivity index (χ1) is 18.9. The zero-order valence-corrected chi connectivity index (χ0v) is 24.2. The number of halogens is 2. The molecule has 3 heterocycles. The van der Waals surface area contributed by atoms with E-state index in [9.17, 15) is 27.3 Å². The minimum absolute atomic E-state index is 0.0407. The van der Waals surface area contributed by atoms with E-state index in [-0.39, 0.29) is 33.5 Å². The third-order valence-electron chi connectivity index (χ3n) is 7.40. The zero-order chi connectivity index (χ0) is 29.0. The first kappa shape index (κ1) is 28.3. The van der Waals surface area contributed by atoms with E-state index < -0.39 is 27.0 Å². The van der Waals surface area contributed by atoms with E-state index in [0.717, 1.165) is 6.42 Å². The van der Waals surface area contributed by atoms with Crippen LogP contribution in [-0.2, 0) is 21.9 Å². The molecule has 11 nitrogen and oxygen atoms in total. The molecule has 0 radical (unpaired) electrons. The molecule has 1 saturated carbocycles. The number of hydrogen-bond donors (Lipinski definition) is 1. The van der Waals surface area contributed by atoms with Crippen molar-refractivity contribution >= 4 is 43.9 Å². The highest BCUT2D eigenvalue weighted by Crippen LogP contribution is 2.40. The van der Waals surface area contributed by atoms with Crippen LogP contribution in [0, 0.1) is 17.2 Å². The van der Waals surface area contributed by atoms with E-state index in [2.05, 4.69) is 20.0 Å². The van der Waals surface area contributed by atoms with Crippen LogP contribution in [0.25, 0.3) is 21.6 Å². The summed E-state index contributed by atoms with van der Waals surface area (Å²) in [5.74, 6) is -0.0678. The molecule has 15 heteroatoms. The van der Waals surface area contributed by atoms with Gasteiger partial charge in [-0.25, -0.2) is 17.2 Å². The number of nitrogens with one attached hydrogen (secondary N) is 1. The maximum atomic E-state index is 13.5. The predicted molar refractivity (Wildman–Crippen MR) is 145 cm³/mol. The van der Waals surface area contributed by atoms with Gasteiger partial charge >= 0.3 is 0 Å². The van der Waals surface area contributed by atoms with Crippen molar-refractivity contribution < 1.29 is 22.0 Å². The average Bonchev–Trinajstić information content (AvgIpc) is 3.31. The van der Waals surface area contributed by atoms with Gasteiger partial charge < -0.3 is 9.80 Å². The number of anilines is 1. The van der Waals surface area contributed by atoms with Crippen molar-refractivity contribution in [3.8, 4) is 16.8 Å². The highest BCUT2D eigenvalue weighted by Gasteiger charge is 2.47. The van der Waals surface area contributed by atoms with Crippen LogP contribution >= 0.6 is 11.3 Å². The van der Waals surface area contributed by atoms with Crippen LogP contribution in [0.15, 0.2) is 17.0 Å². The van der Waals surface area contributed by atoms with Crippen molar-refractivity contribution in [3.05, 3.63) is 17.1 Å². The van der Waals surface area contributed by atoms with E-state index in [1.54, 1.807) is 17.8 Å². The molecule has 1 N–H and O–H groups in total. The highest BCUT2D eigenvalue weighted by atomic mass is 32.2. The van der Waals surface area contributed by atoms with E-state index in [0.29, 0.717) is 60.4 Å².